The maximum Gasteiger partial charge on any atom is 0.338 e. The lowest BCUT2D eigenvalue weighted by atomic mass is 9.76. The van der Waals surface area contributed by atoms with E-state index in [4.69, 9.17) is 23.7 Å². The highest BCUT2D eigenvalue weighted by Gasteiger charge is 2.51. The molecule has 0 bridgehead atoms. The molecule has 1 aromatic carbocycles. The van der Waals surface area contributed by atoms with Crippen molar-refractivity contribution in [1.82, 2.24) is 4.90 Å². The van der Waals surface area contributed by atoms with Gasteiger partial charge in [-0.15, -0.1) is 0 Å². The molecule has 2 aliphatic heterocycles. The Bertz CT molecular complexity index is 1300. The molecule has 0 radical (unpaired) electrons. The number of aliphatic hydroxyl groups is 2. The minimum atomic E-state index is -1.62. The van der Waals surface area contributed by atoms with Gasteiger partial charge in [0.15, 0.2) is 18.2 Å². The Labute approximate surface area is 292 Å². The number of ether oxygens (including phenoxy) is 5. The van der Waals surface area contributed by atoms with Gasteiger partial charge in [-0.25, -0.2) is 4.79 Å². The Morgan fingerprint density at radius 3 is 2.24 bits per heavy atom. The summed E-state index contributed by atoms with van der Waals surface area (Å²) < 4.78 is 31.3. The van der Waals surface area contributed by atoms with E-state index < -0.39 is 71.6 Å². The molecule has 2 N–H and O–H groups in total. The summed E-state index contributed by atoms with van der Waals surface area (Å²) in [7, 11) is 5.31. The monoisotopic (exact) mass is 689 g/mol. The second kappa shape index (κ2) is 17.0. The first-order valence-electron chi connectivity index (χ1n) is 17.6. The first-order chi connectivity index (χ1) is 22.9. The average Bonchev–Trinajstić information content (AvgIpc) is 3.07. The molecule has 0 aliphatic carbocycles. The third-order valence-electron chi connectivity index (χ3n) is 10.4. The molecule has 0 saturated carbocycles. The van der Waals surface area contributed by atoms with Gasteiger partial charge in [0.25, 0.3) is 0 Å². The summed E-state index contributed by atoms with van der Waals surface area (Å²) in [6.45, 7) is 14.0. The number of cyclic esters (lactones) is 1. The third-order valence-corrected chi connectivity index (χ3v) is 10.4. The van der Waals surface area contributed by atoms with Crippen LogP contribution < -0.4 is 0 Å². The number of likely N-dealkylation sites (N-methyl/N-ethyl adjacent to an activating group) is 1. The number of aliphatic hydroxyl groups excluding tert-OH is 1. The van der Waals surface area contributed by atoms with Crippen LogP contribution in [-0.4, -0.2) is 108 Å². The molecule has 2 aliphatic rings. The van der Waals surface area contributed by atoms with E-state index in [9.17, 15) is 24.6 Å². The number of benzene rings is 1. The second-order valence-corrected chi connectivity index (χ2v) is 14.6. The van der Waals surface area contributed by atoms with Crippen LogP contribution in [0.2, 0.25) is 0 Å². The number of hydrogen-bond donors (Lipinski definition) is 2. The van der Waals surface area contributed by atoms with Gasteiger partial charge < -0.3 is 38.8 Å². The largest absolute Gasteiger partial charge is 0.459 e. The van der Waals surface area contributed by atoms with Crippen molar-refractivity contribution < 1.29 is 48.3 Å². The molecule has 1 saturated heterocycles. The SMILES string of the molecule is CC/C1=C\[C@](C)(O)[C@@H](CC)OC(=O)[C@H](C)[C@@H](O)[C@H](C)[C@@H](O[C@@H]2O[C@H](C)C[C@H](N(C)C)[C@H]2OC(=O)c2ccccc2)[C@@](C)(OC)C[C@@H](C)C1=O. The third kappa shape index (κ3) is 9.56. The maximum atomic E-state index is 13.9. The van der Waals surface area contributed by atoms with Crippen LogP contribution in [0.15, 0.2) is 42.0 Å². The van der Waals surface area contributed by atoms with E-state index in [0.717, 1.165) is 0 Å². The molecule has 49 heavy (non-hydrogen) atoms. The number of carbonyl (C=O) groups excluding carboxylic acids is 3. The second-order valence-electron chi connectivity index (χ2n) is 14.6. The van der Waals surface area contributed by atoms with Crippen LogP contribution >= 0.6 is 0 Å². The zero-order chi connectivity index (χ0) is 36.8. The van der Waals surface area contributed by atoms with E-state index in [0.29, 0.717) is 24.0 Å². The highest BCUT2D eigenvalue weighted by atomic mass is 16.7. The molecule has 0 aromatic heterocycles. The molecule has 0 unspecified atom stereocenters. The number of carbonyl (C=O) groups is 3. The lowest BCUT2D eigenvalue weighted by molar-refractivity contribution is -0.300. The Kier molecular flexibility index (Phi) is 14.2. The van der Waals surface area contributed by atoms with Crippen molar-refractivity contribution >= 4 is 17.7 Å². The smallest absolute Gasteiger partial charge is 0.338 e. The van der Waals surface area contributed by atoms with Crippen LogP contribution in [-0.2, 0) is 33.3 Å². The Morgan fingerprint density at radius 2 is 1.69 bits per heavy atom. The molecule has 11 heteroatoms. The first-order valence-corrected chi connectivity index (χ1v) is 17.6. The summed E-state index contributed by atoms with van der Waals surface area (Å²) in [5.74, 6) is -3.79. The van der Waals surface area contributed by atoms with Crippen LogP contribution in [0.4, 0.5) is 0 Å². The van der Waals surface area contributed by atoms with Gasteiger partial charge in [0.05, 0.1) is 41.4 Å². The van der Waals surface area contributed by atoms with Crippen LogP contribution in [0.1, 0.15) is 91.4 Å². The summed E-state index contributed by atoms with van der Waals surface area (Å²) in [6, 6.07) is 8.40. The van der Waals surface area contributed by atoms with Crippen molar-refractivity contribution in [1.29, 1.82) is 0 Å². The van der Waals surface area contributed by atoms with Gasteiger partial charge in [-0.2, -0.15) is 0 Å². The number of methoxy groups -OCH3 is 1. The van der Waals surface area contributed by atoms with E-state index in [-0.39, 0.29) is 30.8 Å². The Hall–Kier alpha value is -2.67. The number of ketones is 1. The fourth-order valence-corrected chi connectivity index (χ4v) is 7.26. The van der Waals surface area contributed by atoms with E-state index in [1.807, 2.05) is 38.9 Å². The predicted octanol–water partition coefficient (Wildman–Crippen LogP) is 4.72. The van der Waals surface area contributed by atoms with Gasteiger partial charge in [-0.1, -0.05) is 45.9 Å². The summed E-state index contributed by atoms with van der Waals surface area (Å²) in [6.07, 6.45) is -2.57. The number of esters is 2. The summed E-state index contributed by atoms with van der Waals surface area (Å²) >= 11 is 0. The molecular formula is C38H59NO10. The normalized spacial score (nSPS) is 39.4. The molecule has 0 amide bonds. The lowest BCUT2D eigenvalue weighted by Gasteiger charge is -2.48. The van der Waals surface area contributed by atoms with Gasteiger partial charge in [0.2, 0.25) is 0 Å². The Balaban J connectivity index is 2.14. The molecule has 276 valence electrons. The van der Waals surface area contributed by atoms with Gasteiger partial charge in [0, 0.05) is 18.9 Å². The highest BCUT2D eigenvalue weighted by molar-refractivity contribution is 5.97. The molecule has 1 fully saturated rings. The number of rotatable bonds is 8. The van der Waals surface area contributed by atoms with Crippen molar-refractivity contribution in [2.75, 3.05) is 21.2 Å². The van der Waals surface area contributed by atoms with Crippen molar-refractivity contribution in [2.45, 2.75) is 135 Å². The van der Waals surface area contributed by atoms with E-state index >= 15 is 0 Å². The van der Waals surface area contributed by atoms with Crippen molar-refractivity contribution in [3.63, 3.8) is 0 Å². The summed E-state index contributed by atoms with van der Waals surface area (Å²) in [5.41, 5.74) is -2.04. The zero-order valence-electron chi connectivity index (χ0n) is 31.2. The summed E-state index contributed by atoms with van der Waals surface area (Å²) in [4.78, 5) is 42.8. The fourth-order valence-electron chi connectivity index (χ4n) is 7.26. The molecule has 11 nitrogen and oxygen atoms in total. The van der Waals surface area contributed by atoms with Crippen molar-refractivity contribution in [3.05, 3.63) is 47.5 Å². The minimum absolute atomic E-state index is 0.174. The quantitative estimate of drug-likeness (QED) is 0.367. The molecule has 0 spiro atoms. The zero-order valence-corrected chi connectivity index (χ0v) is 31.2. The van der Waals surface area contributed by atoms with E-state index in [2.05, 4.69) is 0 Å². The van der Waals surface area contributed by atoms with Crippen molar-refractivity contribution in [3.8, 4) is 0 Å². The minimum Gasteiger partial charge on any atom is -0.459 e. The topological polar surface area (TPSA) is 141 Å². The van der Waals surface area contributed by atoms with E-state index in [1.165, 1.54) is 20.1 Å². The number of Topliss-reactive ketones (excluding diaryl/α,β-unsaturated/α-hetero) is 1. The molecule has 3 rings (SSSR count). The summed E-state index contributed by atoms with van der Waals surface area (Å²) in [5, 5.41) is 23.2. The highest BCUT2D eigenvalue weighted by Crippen LogP contribution is 2.39. The Morgan fingerprint density at radius 1 is 1.06 bits per heavy atom. The molecule has 1 aromatic rings. The van der Waals surface area contributed by atoms with Crippen LogP contribution in [0.5, 0.6) is 0 Å². The van der Waals surface area contributed by atoms with E-state index in [1.54, 1.807) is 58.9 Å². The van der Waals surface area contributed by atoms with Gasteiger partial charge in [-0.3, -0.25) is 9.59 Å². The molecule has 2 heterocycles. The van der Waals surface area contributed by atoms with Crippen LogP contribution in [0.3, 0.4) is 0 Å². The average molecular weight is 690 g/mol. The van der Waals surface area contributed by atoms with Gasteiger partial charge >= 0.3 is 11.9 Å². The first kappa shape index (κ1) is 40.8. The predicted molar refractivity (Wildman–Crippen MR) is 185 cm³/mol. The molecular weight excluding hydrogens is 630 g/mol. The fraction of sp³-hybridized carbons (Fsp3) is 0.711. The van der Waals surface area contributed by atoms with Crippen molar-refractivity contribution in [2.24, 2.45) is 17.8 Å². The maximum absolute atomic E-state index is 13.9. The number of allylic oxidation sites excluding steroid dienone is 1. The van der Waals surface area contributed by atoms with Crippen LogP contribution in [0.25, 0.3) is 0 Å². The number of hydrogen-bond acceptors (Lipinski definition) is 11. The standard InChI is InChI=1S/C38H59NO10/c1-12-26-21-37(7,44)29(13-2)47-34(42)25(6)31(41)24(5)33(38(8,45-11)20-22(3)30(26)40)49-36-32(28(39(9)10)19-23(4)46-36)48-35(43)27-17-15-14-16-18-27/h14-18,21-25,28-29,31-33,36,41,44H,12-13,19-20H2,1-11H3/b26-21+/t22-,23-,24+,25-,28+,29-,31+,32-,33-,36+,37+,38+/m1/s1. The lowest BCUT2D eigenvalue weighted by Crippen LogP contribution is -2.60. The number of nitrogens with zero attached hydrogens (tertiary/aromatic N) is 1. The molecule has 12 atom stereocenters. The van der Waals surface area contributed by atoms with Crippen LogP contribution in [0, 0.1) is 17.8 Å². The van der Waals surface area contributed by atoms with Gasteiger partial charge in [0.1, 0.15) is 11.7 Å². The van der Waals surface area contributed by atoms with Gasteiger partial charge in [-0.05, 0) is 91.3 Å².